The number of benzene rings is 2. The first-order valence-corrected chi connectivity index (χ1v) is 6.99. The fourth-order valence-corrected chi connectivity index (χ4v) is 2.31. The maximum Gasteiger partial charge on any atom is 0.124 e. The molecule has 0 fully saturated rings. The topological polar surface area (TPSA) is 9.23 Å². The van der Waals surface area contributed by atoms with Gasteiger partial charge in [-0.05, 0) is 37.5 Å². The van der Waals surface area contributed by atoms with E-state index in [1.165, 1.54) is 16.7 Å². The molecule has 0 heterocycles. The van der Waals surface area contributed by atoms with Crippen molar-refractivity contribution in [1.29, 1.82) is 0 Å². The summed E-state index contributed by atoms with van der Waals surface area (Å²) in [6, 6.07) is 16.8. The number of rotatable bonds is 5. The second-order valence-corrected chi connectivity index (χ2v) is 5.07. The predicted octanol–water partition coefficient (Wildman–Crippen LogP) is 5.22. The Morgan fingerprint density at radius 1 is 1.00 bits per heavy atom. The molecule has 19 heavy (non-hydrogen) atoms. The van der Waals surface area contributed by atoms with E-state index in [-0.39, 0.29) is 6.10 Å². The maximum absolute atomic E-state index is 6.23. The van der Waals surface area contributed by atoms with E-state index in [0.717, 1.165) is 18.6 Å². The van der Waals surface area contributed by atoms with Crippen molar-refractivity contribution < 1.29 is 4.74 Å². The summed E-state index contributed by atoms with van der Waals surface area (Å²) >= 11 is 0. The average Bonchev–Trinajstić information content (AvgIpc) is 2.42. The summed E-state index contributed by atoms with van der Waals surface area (Å²) in [6.45, 7) is 6.41. The molecule has 2 aromatic rings. The molecule has 0 unspecified atom stereocenters. The van der Waals surface area contributed by atoms with Crippen LogP contribution in [-0.4, -0.2) is 0 Å². The van der Waals surface area contributed by atoms with E-state index in [4.69, 9.17) is 4.74 Å². The standard InChI is InChI=1S/C18H22O/c1-4-8-18(16-9-6-5-7-10-16)19-17-12-11-14(2)13-15(17)3/h5-7,9-13,18H,4,8H2,1-3H3/t18-/m1/s1. The number of hydrogen-bond donors (Lipinski definition) is 0. The van der Waals surface area contributed by atoms with Crippen LogP contribution in [0.2, 0.25) is 0 Å². The first-order valence-electron chi connectivity index (χ1n) is 6.99. The highest BCUT2D eigenvalue weighted by molar-refractivity contribution is 5.36. The Bertz CT molecular complexity index is 516. The summed E-state index contributed by atoms with van der Waals surface area (Å²) in [6.07, 6.45) is 2.30. The van der Waals surface area contributed by atoms with Gasteiger partial charge in [0.05, 0.1) is 0 Å². The molecule has 2 aromatic carbocycles. The first kappa shape index (κ1) is 13.7. The summed E-state index contributed by atoms with van der Waals surface area (Å²) in [5.74, 6) is 0.993. The van der Waals surface area contributed by atoms with Crippen molar-refractivity contribution >= 4 is 0 Å². The van der Waals surface area contributed by atoms with Crippen LogP contribution >= 0.6 is 0 Å². The molecule has 0 aliphatic heterocycles. The molecule has 1 nitrogen and oxygen atoms in total. The number of aryl methyl sites for hydroxylation is 2. The van der Waals surface area contributed by atoms with Crippen molar-refractivity contribution in [2.24, 2.45) is 0 Å². The van der Waals surface area contributed by atoms with Crippen molar-refractivity contribution in [1.82, 2.24) is 0 Å². The molecule has 0 aliphatic rings. The lowest BCUT2D eigenvalue weighted by atomic mass is 10.0. The molecular formula is C18H22O. The van der Waals surface area contributed by atoms with E-state index >= 15 is 0 Å². The smallest absolute Gasteiger partial charge is 0.124 e. The van der Waals surface area contributed by atoms with Crippen LogP contribution in [0.15, 0.2) is 48.5 Å². The predicted molar refractivity (Wildman–Crippen MR) is 80.6 cm³/mol. The molecule has 0 saturated carbocycles. The van der Waals surface area contributed by atoms with Crippen molar-refractivity contribution in [3.63, 3.8) is 0 Å². The molecule has 0 N–H and O–H groups in total. The molecule has 0 aliphatic carbocycles. The van der Waals surface area contributed by atoms with Crippen LogP contribution in [0, 0.1) is 13.8 Å². The third-order valence-electron chi connectivity index (χ3n) is 3.32. The Hall–Kier alpha value is -1.76. The fraction of sp³-hybridized carbons (Fsp3) is 0.333. The Kier molecular flexibility index (Phi) is 4.62. The lowest BCUT2D eigenvalue weighted by Crippen LogP contribution is -2.08. The van der Waals surface area contributed by atoms with Crippen LogP contribution < -0.4 is 4.74 Å². The summed E-state index contributed by atoms with van der Waals surface area (Å²) in [5, 5.41) is 0. The first-order chi connectivity index (χ1) is 9.20. The van der Waals surface area contributed by atoms with E-state index in [0.29, 0.717) is 0 Å². The molecule has 0 radical (unpaired) electrons. The normalized spacial score (nSPS) is 12.2. The van der Waals surface area contributed by atoms with E-state index in [1.54, 1.807) is 0 Å². The minimum absolute atomic E-state index is 0.146. The van der Waals surface area contributed by atoms with Gasteiger partial charge in [-0.3, -0.25) is 0 Å². The fourth-order valence-electron chi connectivity index (χ4n) is 2.31. The quantitative estimate of drug-likeness (QED) is 0.710. The molecule has 1 heteroatoms. The SMILES string of the molecule is CCC[C@@H](Oc1ccc(C)cc1C)c1ccccc1. The highest BCUT2D eigenvalue weighted by atomic mass is 16.5. The summed E-state index contributed by atoms with van der Waals surface area (Å²) in [5.41, 5.74) is 3.73. The Morgan fingerprint density at radius 3 is 2.37 bits per heavy atom. The van der Waals surface area contributed by atoms with Gasteiger partial charge in [-0.15, -0.1) is 0 Å². The summed E-state index contributed by atoms with van der Waals surface area (Å²) in [4.78, 5) is 0. The van der Waals surface area contributed by atoms with Crippen molar-refractivity contribution in [2.75, 3.05) is 0 Å². The minimum Gasteiger partial charge on any atom is -0.485 e. The van der Waals surface area contributed by atoms with Gasteiger partial charge in [0.1, 0.15) is 11.9 Å². The van der Waals surface area contributed by atoms with Gasteiger partial charge in [0.15, 0.2) is 0 Å². The molecule has 100 valence electrons. The van der Waals surface area contributed by atoms with Gasteiger partial charge in [-0.25, -0.2) is 0 Å². The lowest BCUT2D eigenvalue weighted by Gasteiger charge is -2.20. The van der Waals surface area contributed by atoms with Gasteiger partial charge in [-0.2, -0.15) is 0 Å². The highest BCUT2D eigenvalue weighted by Gasteiger charge is 2.13. The second kappa shape index (κ2) is 6.42. The van der Waals surface area contributed by atoms with Gasteiger partial charge in [0.2, 0.25) is 0 Å². The molecule has 0 aromatic heterocycles. The van der Waals surface area contributed by atoms with Crippen molar-refractivity contribution in [3.05, 3.63) is 65.2 Å². The summed E-state index contributed by atoms with van der Waals surface area (Å²) in [7, 11) is 0. The van der Waals surface area contributed by atoms with E-state index in [9.17, 15) is 0 Å². The van der Waals surface area contributed by atoms with Gasteiger partial charge < -0.3 is 4.74 Å². The molecule has 0 bridgehead atoms. The van der Waals surface area contributed by atoms with E-state index in [2.05, 4.69) is 63.2 Å². The van der Waals surface area contributed by atoms with Crippen LogP contribution in [0.1, 0.15) is 42.6 Å². The third kappa shape index (κ3) is 3.60. The van der Waals surface area contributed by atoms with Crippen molar-refractivity contribution in [2.45, 2.75) is 39.7 Å². The molecule has 2 rings (SSSR count). The highest BCUT2D eigenvalue weighted by Crippen LogP contribution is 2.28. The number of hydrogen-bond acceptors (Lipinski definition) is 1. The van der Waals surface area contributed by atoms with Gasteiger partial charge >= 0.3 is 0 Å². The average molecular weight is 254 g/mol. The van der Waals surface area contributed by atoms with Crippen LogP contribution in [0.4, 0.5) is 0 Å². The monoisotopic (exact) mass is 254 g/mol. The zero-order valence-corrected chi connectivity index (χ0v) is 12.0. The number of ether oxygens (including phenoxy) is 1. The molecule has 0 amide bonds. The molecular weight excluding hydrogens is 232 g/mol. The van der Waals surface area contributed by atoms with Crippen LogP contribution in [0.25, 0.3) is 0 Å². The molecule has 1 atom stereocenters. The lowest BCUT2D eigenvalue weighted by molar-refractivity contribution is 0.192. The maximum atomic E-state index is 6.23. The van der Waals surface area contributed by atoms with Gasteiger partial charge in [0.25, 0.3) is 0 Å². The Labute approximate surface area is 116 Å². The Morgan fingerprint density at radius 2 is 1.74 bits per heavy atom. The van der Waals surface area contributed by atoms with Crippen LogP contribution in [0.5, 0.6) is 5.75 Å². The van der Waals surface area contributed by atoms with Gasteiger partial charge in [0, 0.05) is 0 Å². The van der Waals surface area contributed by atoms with Crippen LogP contribution in [0.3, 0.4) is 0 Å². The molecule has 0 saturated heterocycles. The Balaban J connectivity index is 2.21. The second-order valence-electron chi connectivity index (χ2n) is 5.07. The van der Waals surface area contributed by atoms with E-state index < -0.39 is 0 Å². The molecule has 0 spiro atoms. The zero-order chi connectivity index (χ0) is 13.7. The third-order valence-corrected chi connectivity index (χ3v) is 3.32. The van der Waals surface area contributed by atoms with Crippen molar-refractivity contribution in [3.8, 4) is 5.75 Å². The summed E-state index contributed by atoms with van der Waals surface area (Å²) < 4.78 is 6.23. The largest absolute Gasteiger partial charge is 0.485 e. The van der Waals surface area contributed by atoms with Crippen LogP contribution in [-0.2, 0) is 0 Å². The minimum atomic E-state index is 0.146. The van der Waals surface area contributed by atoms with Gasteiger partial charge in [-0.1, -0.05) is 61.4 Å². The zero-order valence-electron chi connectivity index (χ0n) is 12.0. The van der Waals surface area contributed by atoms with E-state index in [1.807, 2.05) is 6.07 Å².